The maximum absolute atomic E-state index is 6.15. The molecule has 0 saturated heterocycles. The van der Waals surface area contributed by atoms with E-state index in [2.05, 4.69) is 20.9 Å². The standard InChI is InChI=1S/C14H11BrClN3O/c1-20-12-7-8(5-6-9(12)15)19-11-4-2-3-10(16)13(11)18-14(19)17/h2-7H,1H3,(H2,17,18). The number of halogens is 2. The molecule has 3 rings (SSSR count). The van der Waals surface area contributed by atoms with Crippen LogP contribution in [0.3, 0.4) is 0 Å². The predicted molar refractivity (Wildman–Crippen MR) is 84.7 cm³/mol. The Balaban J connectivity index is 2.29. The first-order valence-electron chi connectivity index (χ1n) is 5.88. The highest BCUT2D eigenvalue weighted by Crippen LogP contribution is 2.32. The highest BCUT2D eigenvalue weighted by molar-refractivity contribution is 9.10. The number of fused-ring (bicyclic) bond motifs is 1. The number of rotatable bonds is 2. The van der Waals surface area contributed by atoms with E-state index in [0.29, 0.717) is 16.5 Å². The molecular weight excluding hydrogens is 342 g/mol. The maximum Gasteiger partial charge on any atom is 0.205 e. The molecule has 0 unspecified atom stereocenters. The molecular formula is C14H11BrClN3O. The summed E-state index contributed by atoms with van der Waals surface area (Å²) in [7, 11) is 1.62. The van der Waals surface area contributed by atoms with Gasteiger partial charge in [0, 0.05) is 6.07 Å². The molecule has 0 aliphatic carbocycles. The van der Waals surface area contributed by atoms with Gasteiger partial charge in [0.25, 0.3) is 0 Å². The average molecular weight is 353 g/mol. The predicted octanol–water partition coefficient (Wildman–Crippen LogP) is 4.03. The Kier molecular flexibility index (Phi) is 3.31. The fourth-order valence-corrected chi connectivity index (χ4v) is 2.76. The van der Waals surface area contributed by atoms with Gasteiger partial charge in [-0.15, -0.1) is 0 Å². The normalized spacial score (nSPS) is 10.9. The van der Waals surface area contributed by atoms with Gasteiger partial charge in [0.2, 0.25) is 5.95 Å². The first kappa shape index (κ1) is 13.3. The second-order valence-electron chi connectivity index (χ2n) is 4.23. The molecule has 0 spiro atoms. The SMILES string of the molecule is COc1cc(-n2c(N)nc3c(Cl)cccc32)ccc1Br. The van der Waals surface area contributed by atoms with Gasteiger partial charge in [0.1, 0.15) is 11.3 Å². The van der Waals surface area contributed by atoms with Gasteiger partial charge in [0.15, 0.2) is 0 Å². The molecule has 2 aromatic carbocycles. The Bertz CT molecular complexity index is 800. The summed E-state index contributed by atoms with van der Waals surface area (Å²) in [6, 6.07) is 11.3. The lowest BCUT2D eigenvalue weighted by Crippen LogP contribution is -2.01. The van der Waals surface area contributed by atoms with E-state index < -0.39 is 0 Å². The summed E-state index contributed by atoms with van der Waals surface area (Å²) >= 11 is 9.58. The highest BCUT2D eigenvalue weighted by Gasteiger charge is 2.13. The van der Waals surface area contributed by atoms with Crippen LogP contribution in [0.5, 0.6) is 5.75 Å². The number of imidazole rings is 1. The summed E-state index contributed by atoms with van der Waals surface area (Å²) in [6.07, 6.45) is 0. The second kappa shape index (κ2) is 5.00. The number of ether oxygens (including phenoxy) is 1. The number of hydrogen-bond donors (Lipinski definition) is 1. The van der Waals surface area contributed by atoms with Gasteiger partial charge >= 0.3 is 0 Å². The van der Waals surface area contributed by atoms with Gasteiger partial charge in [-0.05, 0) is 40.2 Å². The molecule has 0 aliphatic rings. The number of aromatic nitrogens is 2. The first-order chi connectivity index (χ1) is 9.61. The smallest absolute Gasteiger partial charge is 0.205 e. The number of methoxy groups -OCH3 is 1. The quantitative estimate of drug-likeness (QED) is 0.757. The van der Waals surface area contributed by atoms with Crippen molar-refractivity contribution >= 4 is 44.5 Å². The van der Waals surface area contributed by atoms with Crippen LogP contribution >= 0.6 is 27.5 Å². The summed E-state index contributed by atoms with van der Waals surface area (Å²) in [6.45, 7) is 0. The molecule has 0 radical (unpaired) electrons. The van der Waals surface area contributed by atoms with Crippen molar-refractivity contribution in [2.24, 2.45) is 0 Å². The summed E-state index contributed by atoms with van der Waals surface area (Å²) < 4.78 is 8.03. The number of benzene rings is 2. The van der Waals surface area contributed by atoms with Crippen molar-refractivity contribution in [3.8, 4) is 11.4 Å². The van der Waals surface area contributed by atoms with Crippen molar-refractivity contribution in [1.29, 1.82) is 0 Å². The summed E-state index contributed by atoms with van der Waals surface area (Å²) in [5, 5.41) is 0.581. The Morgan fingerprint density at radius 2 is 2.10 bits per heavy atom. The highest BCUT2D eigenvalue weighted by atomic mass is 79.9. The summed E-state index contributed by atoms with van der Waals surface area (Å²) in [5.41, 5.74) is 8.44. The van der Waals surface area contributed by atoms with Crippen LogP contribution in [0.1, 0.15) is 0 Å². The monoisotopic (exact) mass is 351 g/mol. The number of para-hydroxylation sites is 1. The lowest BCUT2D eigenvalue weighted by atomic mass is 10.2. The molecule has 1 aromatic heterocycles. The topological polar surface area (TPSA) is 53.1 Å². The third-order valence-electron chi connectivity index (χ3n) is 3.05. The van der Waals surface area contributed by atoms with Crippen LogP contribution in [0.2, 0.25) is 5.02 Å². The molecule has 0 bridgehead atoms. The number of nitrogen functional groups attached to an aromatic ring is 1. The molecule has 0 atom stereocenters. The van der Waals surface area contributed by atoms with E-state index in [1.165, 1.54) is 0 Å². The Morgan fingerprint density at radius 1 is 1.30 bits per heavy atom. The van der Waals surface area contributed by atoms with E-state index in [1.54, 1.807) is 13.2 Å². The van der Waals surface area contributed by atoms with Gasteiger partial charge in [0.05, 0.1) is 27.8 Å². The van der Waals surface area contributed by atoms with E-state index >= 15 is 0 Å². The van der Waals surface area contributed by atoms with Crippen LogP contribution < -0.4 is 10.5 Å². The van der Waals surface area contributed by atoms with Gasteiger partial charge in [-0.1, -0.05) is 17.7 Å². The Morgan fingerprint density at radius 3 is 2.85 bits per heavy atom. The van der Waals surface area contributed by atoms with Crippen molar-refractivity contribution in [2.45, 2.75) is 0 Å². The summed E-state index contributed by atoms with van der Waals surface area (Å²) in [5.74, 6) is 1.11. The number of nitrogens with two attached hydrogens (primary N) is 1. The Hall–Kier alpha value is -1.72. The van der Waals surface area contributed by atoms with E-state index in [-0.39, 0.29) is 0 Å². The van der Waals surface area contributed by atoms with E-state index in [0.717, 1.165) is 21.4 Å². The zero-order valence-electron chi connectivity index (χ0n) is 10.6. The van der Waals surface area contributed by atoms with Crippen LogP contribution in [-0.4, -0.2) is 16.7 Å². The molecule has 2 N–H and O–H groups in total. The third-order valence-corrected chi connectivity index (χ3v) is 4.01. The minimum Gasteiger partial charge on any atom is -0.495 e. The number of hydrogen-bond acceptors (Lipinski definition) is 3. The van der Waals surface area contributed by atoms with E-state index in [4.69, 9.17) is 22.1 Å². The lowest BCUT2D eigenvalue weighted by molar-refractivity contribution is 0.412. The van der Waals surface area contributed by atoms with Crippen molar-refractivity contribution in [3.63, 3.8) is 0 Å². The zero-order valence-corrected chi connectivity index (χ0v) is 12.9. The van der Waals surface area contributed by atoms with Crippen LogP contribution in [0, 0.1) is 0 Å². The third kappa shape index (κ3) is 2.03. The van der Waals surface area contributed by atoms with Crippen molar-refractivity contribution < 1.29 is 4.74 Å². The van der Waals surface area contributed by atoms with Gasteiger partial charge in [-0.3, -0.25) is 4.57 Å². The fraction of sp³-hybridized carbons (Fsp3) is 0.0714. The first-order valence-corrected chi connectivity index (χ1v) is 7.05. The lowest BCUT2D eigenvalue weighted by Gasteiger charge is -2.10. The molecule has 1 heterocycles. The van der Waals surface area contributed by atoms with Crippen LogP contribution in [0.15, 0.2) is 40.9 Å². The van der Waals surface area contributed by atoms with Gasteiger partial charge < -0.3 is 10.5 Å². The molecule has 3 aromatic rings. The molecule has 0 amide bonds. The van der Waals surface area contributed by atoms with E-state index in [9.17, 15) is 0 Å². The zero-order chi connectivity index (χ0) is 14.3. The molecule has 0 aliphatic heterocycles. The van der Waals surface area contributed by atoms with Crippen molar-refractivity contribution in [3.05, 3.63) is 45.9 Å². The fourth-order valence-electron chi connectivity index (χ4n) is 2.14. The Labute approximate surface area is 129 Å². The van der Waals surface area contributed by atoms with Crippen molar-refractivity contribution in [2.75, 3.05) is 12.8 Å². The minimum atomic E-state index is 0.387. The minimum absolute atomic E-state index is 0.387. The molecule has 102 valence electrons. The van der Waals surface area contributed by atoms with Crippen LogP contribution in [0.4, 0.5) is 5.95 Å². The largest absolute Gasteiger partial charge is 0.495 e. The van der Waals surface area contributed by atoms with E-state index in [1.807, 2.05) is 34.9 Å². The molecule has 6 heteroatoms. The summed E-state index contributed by atoms with van der Waals surface area (Å²) in [4.78, 5) is 4.32. The average Bonchev–Trinajstić information content (AvgIpc) is 2.77. The van der Waals surface area contributed by atoms with Gasteiger partial charge in [-0.2, -0.15) is 0 Å². The molecule has 20 heavy (non-hydrogen) atoms. The second-order valence-corrected chi connectivity index (χ2v) is 5.49. The van der Waals surface area contributed by atoms with Crippen LogP contribution in [0.25, 0.3) is 16.7 Å². The van der Waals surface area contributed by atoms with Gasteiger partial charge in [-0.25, -0.2) is 4.98 Å². The number of nitrogens with zero attached hydrogens (tertiary/aromatic N) is 2. The number of anilines is 1. The molecule has 0 fully saturated rings. The maximum atomic E-state index is 6.15. The van der Waals surface area contributed by atoms with Crippen molar-refractivity contribution in [1.82, 2.24) is 9.55 Å². The molecule has 4 nitrogen and oxygen atoms in total. The molecule has 0 saturated carbocycles. The van der Waals surface area contributed by atoms with Crippen LogP contribution in [-0.2, 0) is 0 Å².